The number of nitrogens with one attached hydrogen (secondary N) is 2. The number of nitrogens with zero attached hydrogens (tertiary/aromatic N) is 2. The Balaban J connectivity index is 1.44. The molecule has 4 rings (SSSR count). The van der Waals surface area contributed by atoms with E-state index in [2.05, 4.69) is 20.1 Å². The lowest BCUT2D eigenvalue weighted by molar-refractivity contribution is -0.288. The second-order valence-electron chi connectivity index (χ2n) is 13.4. The maximum absolute atomic E-state index is 13.1. The molecule has 1 aromatic heterocycles. The Kier molecular flexibility index (Phi) is 15.8. The molecule has 14 N–H and O–H groups in total. The first-order chi connectivity index (χ1) is 27.0. The number of rotatable bonds is 17. The molecule has 3 aliphatic rings. The van der Waals surface area contributed by atoms with E-state index in [9.17, 15) is 83.7 Å². The number of hydrogen-bond acceptors (Lipinski definition) is 23. The van der Waals surface area contributed by atoms with Crippen LogP contribution in [0.1, 0.15) is 26.0 Å². The minimum absolute atomic E-state index is 0.177. The molecule has 11 unspecified atom stereocenters. The summed E-state index contributed by atoms with van der Waals surface area (Å²) in [7, 11) is -9.08. The standard InChI is InChI=1S/C28H43N5O23P2/c1-9(34)31-17-10(35)5-28(26(44)45,56-58(49,50)52-8-14-21(41)23(43)25(54-14)33-3-2-15(29)32-27(33)46)55-24(17)18(38)11(36)6-30-16(37)4-12-19(39)22(42)20(40)13(53-12)7-51-57(47)48/h2-3,10-14,17-25,35-36,38-43H,4-8H2,1H3,(H,30,37)(H,31,34)(H,44,45)(H,49,50)(H2,29,32,46)/t10?,11-,12-,13?,14?,17?,18-,19?,20-,21?,22-,23?,24?,25?,28?/m1/s1. The zero-order valence-electron chi connectivity index (χ0n) is 29.9. The molecule has 0 radical (unpaired) electrons. The summed E-state index contributed by atoms with van der Waals surface area (Å²) >= 11 is 0. The summed E-state index contributed by atoms with van der Waals surface area (Å²) in [6.45, 7) is -1.84. The average molecular weight is 880 g/mol. The SMILES string of the molecule is CC(=O)NC1C(O)CC(OP(=O)(O)OCC2OC(n3ccc(N)nc3=O)C(O)C2O)(C(=O)O)OC1[C@H](O)[C@H](O)CNC(=O)C[C@H]1OC(COP(=O)=O)[C@@H](O)[C@H](O)C1O. The number of phosphoric ester groups is 1. The predicted octanol–water partition coefficient (Wildman–Crippen LogP) is -6.80. The molecule has 328 valence electrons. The molecule has 2 amide bonds. The predicted molar refractivity (Wildman–Crippen MR) is 180 cm³/mol. The molecule has 58 heavy (non-hydrogen) atoms. The van der Waals surface area contributed by atoms with Crippen LogP contribution < -0.4 is 22.1 Å². The number of aromatic nitrogens is 2. The largest absolute Gasteiger partial charge is 0.477 e. The number of ether oxygens (including phenoxy) is 3. The first-order valence-electron chi connectivity index (χ1n) is 17.0. The number of amides is 2. The lowest BCUT2D eigenvalue weighted by atomic mass is 9.88. The Labute approximate surface area is 325 Å². The normalized spacial score (nSPS) is 36.0. The highest BCUT2D eigenvalue weighted by Crippen LogP contribution is 2.51. The smallest absolute Gasteiger partial charge is 0.475 e. The number of aliphatic carboxylic acids is 1. The van der Waals surface area contributed by atoms with Crippen molar-refractivity contribution in [1.29, 1.82) is 0 Å². The maximum atomic E-state index is 13.1. The van der Waals surface area contributed by atoms with E-state index >= 15 is 0 Å². The van der Waals surface area contributed by atoms with Crippen molar-refractivity contribution < 1.29 is 107 Å². The van der Waals surface area contributed by atoms with E-state index in [4.69, 9.17) is 29.0 Å². The highest BCUT2D eigenvalue weighted by Gasteiger charge is 2.59. The van der Waals surface area contributed by atoms with Gasteiger partial charge in [0.15, 0.2) is 6.23 Å². The van der Waals surface area contributed by atoms with Gasteiger partial charge in [-0.25, -0.2) is 27.8 Å². The van der Waals surface area contributed by atoms with E-state index in [1.54, 1.807) is 0 Å². The summed E-state index contributed by atoms with van der Waals surface area (Å²) in [4.78, 5) is 63.5. The third kappa shape index (κ3) is 11.3. The second kappa shape index (κ2) is 19.3. The van der Waals surface area contributed by atoms with E-state index in [0.29, 0.717) is 0 Å². The maximum Gasteiger partial charge on any atom is 0.475 e. The van der Waals surface area contributed by atoms with E-state index in [1.807, 2.05) is 0 Å². The number of phosphoric acid groups is 1. The number of carbonyl (C=O) groups excluding carboxylic acids is 2. The van der Waals surface area contributed by atoms with Crippen LogP contribution in [0.3, 0.4) is 0 Å². The van der Waals surface area contributed by atoms with E-state index < -0.39 is 163 Å². The van der Waals surface area contributed by atoms with Gasteiger partial charge in [0, 0.05) is 26.1 Å². The number of carbonyl (C=O) groups is 3. The minimum atomic E-state index is -5.69. The average Bonchev–Trinajstić information content (AvgIpc) is 3.41. The summed E-state index contributed by atoms with van der Waals surface area (Å²) in [5.74, 6) is -7.66. The molecule has 28 nitrogen and oxygen atoms in total. The van der Waals surface area contributed by atoms with E-state index in [-0.39, 0.29) is 5.82 Å². The summed E-state index contributed by atoms with van der Waals surface area (Å²) in [5.41, 5.74) is 4.44. The number of anilines is 1. The van der Waals surface area contributed by atoms with Crippen molar-refractivity contribution in [2.75, 3.05) is 25.5 Å². The van der Waals surface area contributed by atoms with Crippen molar-refractivity contribution in [3.05, 3.63) is 22.7 Å². The van der Waals surface area contributed by atoms with Gasteiger partial charge < -0.3 is 81.4 Å². The van der Waals surface area contributed by atoms with Gasteiger partial charge >= 0.3 is 27.4 Å². The molecule has 3 fully saturated rings. The number of nitrogen functional groups attached to an aromatic ring is 1. The van der Waals surface area contributed by atoms with Crippen LogP contribution >= 0.6 is 15.7 Å². The Morgan fingerprint density at radius 2 is 1.66 bits per heavy atom. The molecule has 0 aromatic carbocycles. The summed E-state index contributed by atoms with van der Waals surface area (Å²) < 4.78 is 65.5. The molecule has 3 aliphatic heterocycles. The van der Waals surface area contributed by atoms with Crippen molar-refractivity contribution in [3.8, 4) is 0 Å². The lowest BCUT2D eigenvalue weighted by Gasteiger charge is -2.46. The van der Waals surface area contributed by atoms with Crippen LogP contribution in [0.15, 0.2) is 17.1 Å². The van der Waals surface area contributed by atoms with Crippen molar-refractivity contribution in [2.45, 2.75) is 111 Å². The molecule has 1 aromatic rings. The van der Waals surface area contributed by atoms with Gasteiger partial charge in [0.2, 0.25) is 11.8 Å². The highest BCUT2D eigenvalue weighted by atomic mass is 31.2. The molecular weight excluding hydrogens is 836 g/mol. The second-order valence-corrected chi connectivity index (χ2v) is 15.4. The number of aliphatic hydroxyl groups is 8. The first kappa shape index (κ1) is 47.3. The zero-order valence-corrected chi connectivity index (χ0v) is 31.7. The van der Waals surface area contributed by atoms with Crippen LogP contribution in [-0.4, -0.2) is 183 Å². The zero-order chi connectivity index (χ0) is 43.4. The van der Waals surface area contributed by atoms with Gasteiger partial charge in [-0.1, -0.05) is 0 Å². The van der Waals surface area contributed by atoms with Gasteiger partial charge in [-0.3, -0.25) is 23.2 Å². The third-order valence-electron chi connectivity index (χ3n) is 9.18. The van der Waals surface area contributed by atoms with E-state index in [0.717, 1.165) is 17.7 Å². The molecule has 16 atom stereocenters. The number of carboxylic acid groups (broad SMARTS) is 1. The molecular formula is C28H43N5O23P2. The van der Waals surface area contributed by atoms with Gasteiger partial charge in [-0.2, -0.15) is 4.98 Å². The third-order valence-corrected chi connectivity index (χ3v) is 10.5. The van der Waals surface area contributed by atoms with Crippen molar-refractivity contribution in [2.24, 2.45) is 0 Å². The van der Waals surface area contributed by atoms with Crippen LogP contribution in [0.4, 0.5) is 5.82 Å². The van der Waals surface area contributed by atoms with Gasteiger partial charge in [-0.05, 0) is 6.07 Å². The topological polar surface area (TPSA) is 445 Å². The highest BCUT2D eigenvalue weighted by molar-refractivity contribution is 7.47. The lowest BCUT2D eigenvalue weighted by Crippen LogP contribution is -2.68. The molecule has 3 saturated heterocycles. The summed E-state index contributed by atoms with van der Waals surface area (Å²) in [5, 5.41) is 98.7. The van der Waals surface area contributed by atoms with Gasteiger partial charge in [0.1, 0.15) is 60.8 Å². The molecule has 0 saturated carbocycles. The fourth-order valence-electron chi connectivity index (χ4n) is 6.27. The molecule has 4 heterocycles. The number of aliphatic hydroxyl groups excluding tert-OH is 8. The van der Waals surface area contributed by atoms with Crippen molar-refractivity contribution >= 4 is 39.3 Å². The number of nitrogens with two attached hydrogens (primary N) is 1. The fraction of sp³-hybridized carbons (Fsp3) is 0.750. The van der Waals surface area contributed by atoms with Crippen LogP contribution in [0.25, 0.3) is 0 Å². The summed E-state index contributed by atoms with van der Waals surface area (Å²) in [6, 6.07) is -0.580. The Morgan fingerprint density at radius 3 is 2.26 bits per heavy atom. The molecule has 0 bridgehead atoms. The number of hydrogen-bond donors (Lipinski definition) is 13. The quantitative estimate of drug-likeness (QED) is 0.0647. The van der Waals surface area contributed by atoms with Gasteiger partial charge in [-0.15, -0.1) is 0 Å². The molecule has 30 heteroatoms. The van der Waals surface area contributed by atoms with Crippen molar-refractivity contribution in [3.63, 3.8) is 0 Å². The Morgan fingerprint density at radius 1 is 1.03 bits per heavy atom. The minimum Gasteiger partial charge on any atom is -0.477 e. The Hall–Kier alpha value is -3.38. The molecule has 0 aliphatic carbocycles. The monoisotopic (exact) mass is 879 g/mol. The van der Waals surface area contributed by atoms with Crippen LogP contribution in [0.2, 0.25) is 0 Å². The van der Waals surface area contributed by atoms with Crippen LogP contribution in [0.5, 0.6) is 0 Å². The van der Waals surface area contributed by atoms with Gasteiger partial charge in [0.25, 0.3) is 5.79 Å². The van der Waals surface area contributed by atoms with E-state index in [1.165, 1.54) is 6.07 Å². The fourth-order valence-corrected chi connectivity index (χ4v) is 7.50. The van der Waals surface area contributed by atoms with Crippen LogP contribution in [-0.2, 0) is 55.9 Å². The molecule has 0 spiro atoms. The van der Waals surface area contributed by atoms with Crippen molar-refractivity contribution in [1.82, 2.24) is 20.2 Å². The number of carboxylic acids is 1. The van der Waals surface area contributed by atoms with Gasteiger partial charge in [0.05, 0.1) is 44.0 Å². The van der Waals surface area contributed by atoms with Crippen LogP contribution in [0, 0.1) is 0 Å². The first-order valence-corrected chi connectivity index (χ1v) is 19.6. The Bertz CT molecular complexity index is 1810. The summed E-state index contributed by atoms with van der Waals surface area (Å²) in [6.07, 6.45) is -25.4.